The summed E-state index contributed by atoms with van der Waals surface area (Å²) >= 11 is 0. The molecule has 5 rings (SSSR count). The molecule has 7 heteroatoms. The minimum atomic E-state index is -0.996. The van der Waals surface area contributed by atoms with Gasteiger partial charge in [0.05, 0.1) is 6.54 Å². The van der Waals surface area contributed by atoms with Crippen LogP contribution < -0.4 is 5.32 Å². The maximum atomic E-state index is 13.7. The van der Waals surface area contributed by atoms with Crippen molar-refractivity contribution >= 4 is 17.7 Å². The molecule has 1 aliphatic heterocycles. The number of nitrogens with zero attached hydrogens (tertiary/aromatic N) is 2. The molecule has 2 aliphatic rings. The van der Waals surface area contributed by atoms with E-state index in [0.717, 1.165) is 16.2 Å². The Kier molecular flexibility index (Phi) is 4.92. The lowest BCUT2D eigenvalue weighted by atomic mass is 9.78. The fourth-order valence-corrected chi connectivity index (χ4v) is 5.13. The van der Waals surface area contributed by atoms with E-state index in [9.17, 15) is 18.8 Å². The van der Waals surface area contributed by atoms with Crippen LogP contribution in [0.2, 0.25) is 0 Å². The van der Waals surface area contributed by atoms with Crippen molar-refractivity contribution in [1.82, 2.24) is 14.8 Å². The van der Waals surface area contributed by atoms with Gasteiger partial charge in [0.2, 0.25) is 0 Å². The average Bonchev–Trinajstić information content (AvgIpc) is 3.21. The topological polar surface area (TPSA) is 71.4 Å². The van der Waals surface area contributed by atoms with Gasteiger partial charge in [0, 0.05) is 29.1 Å². The van der Waals surface area contributed by atoms with Gasteiger partial charge in [-0.1, -0.05) is 30.3 Å². The van der Waals surface area contributed by atoms with Crippen molar-refractivity contribution in [3.63, 3.8) is 0 Å². The number of aromatic nitrogens is 1. The molecule has 2 aromatic carbocycles. The number of Topliss-reactive ketones (excluding diaryl/α,β-unsaturated/α-hetero) is 1. The molecule has 1 N–H and O–H groups in total. The molecule has 0 saturated carbocycles. The summed E-state index contributed by atoms with van der Waals surface area (Å²) in [6.45, 7) is 3.27. The third-order valence-corrected chi connectivity index (χ3v) is 6.78. The first-order valence-corrected chi connectivity index (χ1v) is 11.0. The van der Waals surface area contributed by atoms with Crippen LogP contribution in [0.4, 0.5) is 9.18 Å². The highest BCUT2D eigenvalue weighted by atomic mass is 19.1. The van der Waals surface area contributed by atoms with E-state index >= 15 is 0 Å². The average molecular weight is 445 g/mol. The molecule has 1 spiro atoms. The predicted molar refractivity (Wildman–Crippen MR) is 121 cm³/mol. The molecule has 0 bridgehead atoms. The monoisotopic (exact) mass is 445 g/mol. The zero-order valence-corrected chi connectivity index (χ0v) is 18.5. The number of urea groups is 1. The summed E-state index contributed by atoms with van der Waals surface area (Å²) in [4.78, 5) is 40.3. The number of carbonyl (C=O) groups excluding carboxylic acids is 3. The zero-order chi connectivity index (χ0) is 23.3. The minimum Gasteiger partial charge on any atom is -0.323 e. The summed E-state index contributed by atoms with van der Waals surface area (Å²) < 4.78 is 15.5. The first-order chi connectivity index (χ1) is 15.8. The Morgan fingerprint density at radius 3 is 2.58 bits per heavy atom. The molecule has 33 heavy (non-hydrogen) atoms. The number of rotatable bonds is 4. The number of carbonyl (C=O) groups is 3. The maximum Gasteiger partial charge on any atom is 0.325 e. The highest BCUT2D eigenvalue weighted by Crippen LogP contribution is 2.34. The van der Waals surface area contributed by atoms with Gasteiger partial charge in [-0.05, 0) is 62.1 Å². The van der Waals surface area contributed by atoms with Gasteiger partial charge >= 0.3 is 6.03 Å². The summed E-state index contributed by atoms with van der Waals surface area (Å²) in [5.41, 5.74) is 3.65. The van der Waals surface area contributed by atoms with Gasteiger partial charge in [0.25, 0.3) is 5.91 Å². The van der Waals surface area contributed by atoms with Gasteiger partial charge in [-0.2, -0.15) is 0 Å². The zero-order valence-electron chi connectivity index (χ0n) is 18.5. The summed E-state index contributed by atoms with van der Waals surface area (Å²) in [6.07, 6.45) is 1.62. The van der Waals surface area contributed by atoms with Crippen LogP contribution in [0.25, 0.3) is 5.69 Å². The van der Waals surface area contributed by atoms with Crippen LogP contribution in [0.1, 0.15) is 39.3 Å². The first-order valence-electron chi connectivity index (χ1n) is 11.0. The van der Waals surface area contributed by atoms with Gasteiger partial charge in [0.1, 0.15) is 11.4 Å². The molecule has 168 valence electrons. The highest BCUT2D eigenvalue weighted by Gasteiger charge is 2.52. The molecule has 1 aliphatic carbocycles. The molecule has 3 aromatic rings. The second-order valence-corrected chi connectivity index (χ2v) is 8.87. The number of nitrogens with one attached hydrogen (secondary N) is 1. The van der Waals surface area contributed by atoms with Crippen molar-refractivity contribution in [2.45, 2.75) is 38.6 Å². The van der Waals surface area contributed by atoms with Crippen molar-refractivity contribution in [3.05, 3.63) is 88.5 Å². The number of aryl methyl sites for hydroxylation is 2. The van der Waals surface area contributed by atoms with Crippen LogP contribution in [0, 0.1) is 19.7 Å². The fourth-order valence-electron chi connectivity index (χ4n) is 5.13. The quantitative estimate of drug-likeness (QED) is 0.489. The Balaban J connectivity index is 1.39. The Bertz CT molecular complexity index is 1310. The number of fused-ring (bicyclic) bond motifs is 1. The summed E-state index contributed by atoms with van der Waals surface area (Å²) in [5, 5.41) is 2.87. The number of hydrogen-bond acceptors (Lipinski definition) is 3. The standard InChI is InChI=1S/C26H24FN3O3/c1-16-12-22(17(2)30(16)21-9-5-8-20(27)13-21)23(31)15-29-24(32)26(28-25(29)33)11-10-18-6-3-4-7-19(18)14-26/h3-9,12-13H,10-11,14-15H2,1-2H3,(H,28,33). The first kappa shape index (κ1) is 21.1. The third-order valence-electron chi connectivity index (χ3n) is 6.78. The van der Waals surface area contributed by atoms with Crippen molar-refractivity contribution in [3.8, 4) is 5.69 Å². The van der Waals surface area contributed by atoms with E-state index in [1.165, 1.54) is 17.7 Å². The number of imide groups is 1. The highest BCUT2D eigenvalue weighted by molar-refractivity contribution is 6.11. The van der Waals surface area contributed by atoms with E-state index in [0.29, 0.717) is 36.2 Å². The fraction of sp³-hybridized carbons (Fsp3) is 0.269. The molecule has 0 radical (unpaired) electrons. The van der Waals surface area contributed by atoms with E-state index in [1.54, 1.807) is 29.7 Å². The van der Waals surface area contributed by atoms with Crippen LogP contribution in [-0.2, 0) is 17.6 Å². The summed E-state index contributed by atoms with van der Waals surface area (Å²) in [6, 6.07) is 15.2. The van der Waals surface area contributed by atoms with Gasteiger partial charge in [-0.25, -0.2) is 9.18 Å². The smallest absolute Gasteiger partial charge is 0.323 e. The van der Waals surface area contributed by atoms with Gasteiger partial charge in [-0.3, -0.25) is 14.5 Å². The van der Waals surface area contributed by atoms with Crippen LogP contribution in [-0.4, -0.2) is 39.3 Å². The second-order valence-electron chi connectivity index (χ2n) is 8.87. The molecule has 1 saturated heterocycles. The SMILES string of the molecule is Cc1cc(C(=O)CN2C(=O)NC3(CCc4ccccc4C3)C2=O)c(C)n1-c1cccc(F)c1. The summed E-state index contributed by atoms with van der Waals surface area (Å²) in [7, 11) is 0. The van der Waals surface area contributed by atoms with Gasteiger partial charge in [0.15, 0.2) is 5.78 Å². The van der Waals surface area contributed by atoms with E-state index < -0.39 is 11.6 Å². The number of hydrogen-bond donors (Lipinski definition) is 1. The second kappa shape index (κ2) is 7.69. The van der Waals surface area contributed by atoms with E-state index in [2.05, 4.69) is 5.32 Å². The molecule has 1 aromatic heterocycles. The molecule has 2 heterocycles. The largest absolute Gasteiger partial charge is 0.325 e. The minimum absolute atomic E-state index is 0.331. The molecule has 3 amide bonds. The Labute approximate surface area is 191 Å². The normalized spacial score (nSPS) is 19.7. The predicted octanol–water partition coefficient (Wildman–Crippen LogP) is 3.90. The van der Waals surface area contributed by atoms with E-state index in [4.69, 9.17) is 0 Å². The Morgan fingerprint density at radius 2 is 1.82 bits per heavy atom. The number of amides is 3. The van der Waals surface area contributed by atoms with Crippen molar-refractivity contribution < 1.29 is 18.8 Å². The maximum absolute atomic E-state index is 13.7. The van der Waals surface area contributed by atoms with Crippen molar-refractivity contribution in [2.24, 2.45) is 0 Å². The lowest BCUT2D eigenvalue weighted by molar-refractivity contribution is -0.131. The van der Waals surface area contributed by atoms with Gasteiger partial charge < -0.3 is 9.88 Å². The van der Waals surface area contributed by atoms with Crippen LogP contribution >= 0.6 is 0 Å². The molecular weight excluding hydrogens is 421 g/mol. The molecular formula is C26H24FN3O3. The Hall–Kier alpha value is -3.74. The molecule has 1 unspecified atom stereocenters. The Morgan fingerprint density at radius 1 is 1.06 bits per heavy atom. The van der Waals surface area contributed by atoms with Crippen molar-refractivity contribution in [2.75, 3.05) is 6.54 Å². The molecule has 1 atom stereocenters. The van der Waals surface area contributed by atoms with Crippen LogP contribution in [0.5, 0.6) is 0 Å². The third kappa shape index (κ3) is 3.44. The van der Waals surface area contributed by atoms with E-state index in [1.807, 2.05) is 31.2 Å². The van der Waals surface area contributed by atoms with Crippen LogP contribution in [0.3, 0.4) is 0 Å². The van der Waals surface area contributed by atoms with Crippen LogP contribution in [0.15, 0.2) is 54.6 Å². The van der Waals surface area contributed by atoms with Gasteiger partial charge in [-0.15, -0.1) is 0 Å². The molecule has 1 fully saturated rings. The number of ketones is 1. The number of halogens is 1. The van der Waals surface area contributed by atoms with Crippen molar-refractivity contribution in [1.29, 1.82) is 0 Å². The number of benzene rings is 2. The lowest BCUT2D eigenvalue weighted by Crippen LogP contribution is -2.51. The summed E-state index contributed by atoms with van der Waals surface area (Å²) in [5.74, 6) is -1.05. The van der Waals surface area contributed by atoms with E-state index in [-0.39, 0.29) is 24.1 Å². The lowest BCUT2D eigenvalue weighted by Gasteiger charge is -2.32. The molecule has 6 nitrogen and oxygen atoms in total.